The smallest absolute Gasteiger partial charge is 0.296 e. The third-order valence-corrected chi connectivity index (χ3v) is 5.73. The topological polar surface area (TPSA) is 112 Å². The number of rotatable bonds is 7. The van der Waals surface area contributed by atoms with Crippen LogP contribution in [-0.2, 0) is 16.0 Å². The second kappa shape index (κ2) is 10.5. The molecule has 0 saturated heterocycles. The minimum atomic E-state index is -0.452. The molecule has 31 heavy (non-hydrogen) atoms. The number of aromatic nitrogens is 3. The van der Waals surface area contributed by atoms with E-state index in [0.29, 0.717) is 47.9 Å². The summed E-state index contributed by atoms with van der Waals surface area (Å²) in [6.45, 7) is 5.41. The Morgan fingerprint density at radius 1 is 1.42 bits per heavy atom. The molecule has 0 saturated carbocycles. The number of fused-ring (bicyclic) bond motifs is 1. The average molecular weight is 458 g/mol. The van der Waals surface area contributed by atoms with Crippen LogP contribution in [0.3, 0.4) is 0 Å². The number of carbonyl (C=O) groups is 1. The van der Waals surface area contributed by atoms with Gasteiger partial charge in [-0.05, 0) is 31.0 Å². The number of amides is 1. The molecule has 3 heterocycles. The molecule has 8 nitrogen and oxygen atoms in total. The Kier molecular flexibility index (Phi) is 7.81. The van der Waals surface area contributed by atoms with Crippen LogP contribution in [0.1, 0.15) is 22.9 Å². The normalized spacial score (nSPS) is 10.7. The second-order valence-corrected chi connectivity index (χ2v) is 8.15. The van der Waals surface area contributed by atoms with E-state index >= 15 is 0 Å². The first kappa shape index (κ1) is 23.0. The van der Waals surface area contributed by atoms with Gasteiger partial charge in [-0.1, -0.05) is 12.8 Å². The van der Waals surface area contributed by atoms with E-state index < -0.39 is 5.91 Å². The van der Waals surface area contributed by atoms with Gasteiger partial charge in [0.2, 0.25) is 0 Å². The maximum Gasteiger partial charge on any atom is 0.296 e. The van der Waals surface area contributed by atoms with E-state index in [4.69, 9.17) is 10.5 Å². The van der Waals surface area contributed by atoms with Crippen LogP contribution in [0.4, 0.5) is 0 Å². The summed E-state index contributed by atoms with van der Waals surface area (Å²) in [6, 6.07) is 3.73. The molecule has 0 spiro atoms. The quantitative estimate of drug-likeness (QED) is 0.214. The zero-order valence-electron chi connectivity index (χ0n) is 17.3. The number of thiol groups is 1. The van der Waals surface area contributed by atoms with Crippen molar-refractivity contribution in [2.24, 2.45) is 5.73 Å². The van der Waals surface area contributed by atoms with Gasteiger partial charge in [0.1, 0.15) is 10.6 Å². The van der Waals surface area contributed by atoms with E-state index in [2.05, 4.69) is 39.8 Å². The molecule has 0 aliphatic heterocycles. The lowest BCUT2D eigenvalue weighted by atomic mass is 10.2. The summed E-state index contributed by atoms with van der Waals surface area (Å²) in [5, 5.41) is 3.25. The zero-order valence-corrected chi connectivity index (χ0v) is 19.0. The number of ether oxygens (including phenoxy) is 1. The van der Waals surface area contributed by atoms with Crippen molar-refractivity contribution in [3.8, 4) is 17.7 Å². The Balaban J connectivity index is 1.96. The summed E-state index contributed by atoms with van der Waals surface area (Å²) in [4.78, 5) is 35.5. The van der Waals surface area contributed by atoms with Crippen molar-refractivity contribution in [2.45, 2.75) is 25.4 Å². The van der Waals surface area contributed by atoms with Crippen molar-refractivity contribution in [3.63, 3.8) is 0 Å². The van der Waals surface area contributed by atoms with Gasteiger partial charge in [0, 0.05) is 30.1 Å². The zero-order chi connectivity index (χ0) is 22.4. The molecule has 0 fully saturated rings. The van der Waals surface area contributed by atoms with E-state index in [9.17, 15) is 9.59 Å². The summed E-state index contributed by atoms with van der Waals surface area (Å²) >= 11 is 5.75. The number of carbonyl (C=O) groups excluding carboxylic acids is 1. The van der Waals surface area contributed by atoms with Gasteiger partial charge in [-0.2, -0.15) is 0 Å². The number of nitrogens with one attached hydrogen (secondary N) is 1. The van der Waals surface area contributed by atoms with Crippen LogP contribution < -0.4 is 16.6 Å². The second-order valence-electron chi connectivity index (χ2n) is 6.55. The van der Waals surface area contributed by atoms with Gasteiger partial charge in [-0.3, -0.25) is 9.59 Å². The van der Waals surface area contributed by atoms with Crippen LogP contribution >= 0.6 is 24.0 Å². The fourth-order valence-corrected chi connectivity index (χ4v) is 4.23. The molecule has 3 aromatic rings. The Morgan fingerprint density at radius 3 is 2.97 bits per heavy atom. The monoisotopic (exact) mass is 457 g/mol. The number of aryl methyl sites for hydroxylation is 2. The molecule has 0 atom stereocenters. The number of hydrogen-bond acceptors (Lipinski definition) is 8. The highest BCUT2D eigenvalue weighted by Crippen LogP contribution is 2.27. The van der Waals surface area contributed by atoms with Crippen LogP contribution in [0.25, 0.3) is 16.0 Å². The fourth-order valence-electron chi connectivity index (χ4n) is 2.90. The van der Waals surface area contributed by atoms with E-state index in [-0.39, 0.29) is 10.7 Å². The van der Waals surface area contributed by atoms with Gasteiger partial charge in [0.05, 0.1) is 24.2 Å². The fraction of sp³-hybridized carbons (Fsp3) is 0.333. The first-order chi connectivity index (χ1) is 15.0. The Morgan fingerprint density at radius 2 is 2.23 bits per heavy atom. The van der Waals surface area contributed by atoms with Gasteiger partial charge in [-0.15, -0.1) is 24.0 Å². The number of nitrogens with zero attached hydrogens (tertiary/aromatic N) is 3. The molecular weight excluding hydrogens is 434 g/mol. The van der Waals surface area contributed by atoms with Crippen molar-refractivity contribution >= 4 is 40.1 Å². The molecule has 0 aliphatic rings. The van der Waals surface area contributed by atoms with Crippen LogP contribution in [0.15, 0.2) is 28.3 Å². The molecular formula is C21H23N5O3S2. The maximum atomic E-state index is 13.3. The number of pyridine rings is 1. The van der Waals surface area contributed by atoms with Crippen molar-refractivity contribution in [3.05, 3.63) is 44.7 Å². The molecule has 3 rings (SSSR count). The molecule has 0 aliphatic carbocycles. The lowest BCUT2D eigenvalue weighted by Gasteiger charge is -2.09. The van der Waals surface area contributed by atoms with Gasteiger partial charge >= 0.3 is 0 Å². The third kappa shape index (κ3) is 5.32. The maximum absolute atomic E-state index is 13.3. The molecule has 0 unspecified atom stereocenters. The Labute approximate surface area is 189 Å². The summed E-state index contributed by atoms with van der Waals surface area (Å²) in [6.07, 6.45) is 2.46. The molecule has 3 aromatic heterocycles. The molecule has 1 amide bonds. The third-order valence-electron chi connectivity index (χ3n) is 4.43. The van der Waals surface area contributed by atoms with Crippen LogP contribution in [0.2, 0.25) is 0 Å². The van der Waals surface area contributed by atoms with E-state index in [1.807, 2.05) is 26.0 Å². The first-order valence-electron chi connectivity index (χ1n) is 9.74. The average Bonchev–Trinajstić information content (AvgIpc) is 3.07. The standard InChI is InChI=1S/C21H23N5O3S2/c1-3-14-6-8-23-16(12-14)26-20(28)18-15(13(2)31-19(18)25-21(26)30)4-5-17(27)24-9-11-29-10-7-22/h6,8,12H,3,7,9-11,22H2,1-2H3,(H,24,27)(H,25,30). The Bertz CT molecular complexity index is 1220. The van der Waals surface area contributed by atoms with E-state index in [0.717, 1.165) is 16.9 Å². The van der Waals surface area contributed by atoms with E-state index in [1.165, 1.54) is 15.9 Å². The van der Waals surface area contributed by atoms with E-state index in [1.54, 1.807) is 6.20 Å². The summed E-state index contributed by atoms with van der Waals surface area (Å²) in [5.41, 5.74) is 6.55. The summed E-state index contributed by atoms with van der Waals surface area (Å²) in [5.74, 6) is 5.38. The number of hydrogen-bond donors (Lipinski definition) is 3. The summed E-state index contributed by atoms with van der Waals surface area (Å²) < 4.78 is 6.57. The molecule has 10 heteroatoms. The van der Waals surface area contributed by atoms with Gasteiger partial charge in [0.25, 0.3) is 11.5 Å². The minimum absolute atomic E-state index is 0.245. The lowest BCUT2D eigenvalue weighted by Crippen LogP contribution is -2.26. The highest BCUT2D eigenvalue weighted by Gasteiger charge is 2.18. The van der Waals surface area contributed by atoms with Gasteiger partial charge in [-0.25, -0.2) is 14.5 Å². The molecule has 3 N–H and O–H groups in total. The van der Waals surface area contributed by atoms with Gasteiger partial charge < -0.3 is 15.8 Å². The summed E-state index contributed by atoms with van der Waals surface area (Å²) in [7, 11) is 0. The highest BCUT2D eigenvalue weighted by atomic mass is 32.1. The van der Waals surface area contributed by atoms with Crippen molar-refractivity contribution < 1.29 is 9.53 Å². The lowest BCUT2D eigenvalue weighted by molar-refractivity contribution is -0.115. The van der Waals surface area contributed by atoms with Crippen molar-refractivity contribution in [1.82, 2.24) is 19.9 Å². The molecule has 0 radical (unpaired) electrons. The Hall–Kier alpha value is -2.71. The van der Waals surface area contributed by atoms with Gasteiger partial charge in [0.15, 0.2) is 5.16 Å². The van der Waals surface area contributed by atoms with Crippen LogP contribution in [-0.4, -0.2) is 46.7 Å². The first-order valence-corrected chi connectivity index (χ1v) is 11.0. The predicted molar refractivity (Wildman–Crippen MR) is 124 cm³/mol. The van der Waals surface area contributed by atoms with Crippen molar-refractivity contribution in [1.29, 1.82) is 0 Å². The predicted octanol–water partition coefficient (Wildman–Crippen LogP) is 1.44. The number of nitrogens with two attached hydrogens (primary N) is 1. The highest BCUT2D eigenvalue weighted by molar-refractivity contribution is 7.80. The minimum Gasteiger partial charge on any atom is -0.378 e. The SMILES string of the molecule is CCc1ccnc(-n2c(S)nc3sc(C)c(C#CC(=O)NCCOCCN)c3c2=O)c1. The number of thiophene rings is 1. The molecule has 0 aromatic carbocycles. The van der Waals surface area contributed by atoms with Crippen LogP contribution in [0.5, 0.6) is 0 Å². The van der Waals surface area contributed by atoms with Crippen LogP contribution in [0, 0.1) is 18.8 Å². The molecule has 162 valence electrons. The largest absolute Gasteiger partial charge is 0.378 e. The van der Waals surface area contributed by atoms with Crippen molar-refractivity contribution in [2.75, 3.05) is 26.3 Å². The molecule has 0 bridgehead atoms.